The standard InChI is InChI=1S/C23H38N2O5S/c1-4-5-6-7-8-9-10-15-24-23(26)19-13-16-25(17-14-19)31(27,28)20-11-12-21(29-2)22(18-20)30-3/h11-12,18-19H,4-10,13-17H2,1-3H3,(H,24,26). The molecule has 0 saturated carbocycles. The van der Waals surface area contributed by atoms with Crippen LogP contribution in [-0.2, 0) is 14.8 Å². The lowest BCUT2D eigenvalue weighted by atomic mass is 9.97. The number of methoxy groups -OCH3 is 2. The third-order valence-electron chi connectivity index (χ3n) is 5.90. The molecule has 1 saturated heterocycles. The molecule has 0 aliphatic carbocycles. The number of hydrogen-bond donors (Lipinski definition) is 1. The van der Waals surface area contributed by atoms with E-state index in [1.165, 1.54) is 62.8 Å². The minimum absolute atomic E-state index is 0.0501. The molecule has 1 N–H and O–H groups in total. The monoisotopic (exact) mass is 454 g/mol. The summed E-state index contributed by atoms with van der Waals surface area (Å²) in [5.41, 5.74) is 0. The predicted octanol–water partition coefficient (Wildman–Crippen LogP) is 3.97. The van der Waals surface area contributed by atoms with E-state index >= 15 is 0 Å². The number of sulfonamides is 1. The molecule has 1 fully saturated rings. The molecule has 31 heavy (non-hydrogen) atoms. The number of nitrogens with one attached hydrogen (secondary N) is 1. The van der Waals surface area contributed by atoms with Crippen molar-refractivity contribution in [2.45, 2.75) is 69.6 Å². The number of rotatable bonds is 13. The van der Waals surface area contributed by atoms with Gasteiger partial charge in [0.25, 0.3) is 0 Å². The van der Waals surface area contributed by atoms with Gasteiger partial charge in [0.1, 0.15) is 0 Å². The van der Waals surface area contributed by atoms with Crippen LogP contribution in [0.15, 0.2) is 23.1 Å². The Labute approximate surface area is 187 Å². The molecule has 1 aliphatic heterocycles. The molecular weight excluding hydrogens is 416 g/mol. The van der Waals surface area contributed by atoms with Crippen LogP contribution in [0.25, 0.3) is 0 Å². The first-order valence-corrected chi connectivity index (χ1v) is 12.9. The van der Waals surface area contributed by atoms with Crippen molar-refractivity contribution < 1.29 is 22.7 Å². The number of hydrogen-bond acceptors (Lipinski definition) is 5. The van der Waals surface area contributed by atoms with Crippen LogP contribution in [0.1, 0.15) is 64.7 Å². The third kappa shape index (κ3) is 7.38. The normalized spacial score (nSPS) is 15.6. The number of carbonyl (C=O) groups is 1. The van der Waals surface area contributed by atoms with Gasteiger partial charge in [0.15, 0.2) is 11.5 Å². The average molecular weight is 455 g/mol. The van der Waals surface area contributed by atoms with E-state index < -0.39 is 10.0 Å². The van der Waals surface area contributed by atoms with Crippen LogP contribution in [0.4, 0.5) is 0 Å². The highest BCUT2D eigenvalue weighted by atomic mass is 32.2. The molecule has 8 heteroatoms. The first kappa shape index (κ1) is 25.5. The second-order valence-corrected chi connectivity index (χ2v) is 10.0. The quantitative estimate of drug-likeness (QED) is 0.456. The minimum Gasteiger partial charge on any atom is -0.493 e. The molecule has 0 aromatic heterocycles. The van der Waals surface area contributed by atoms with Crippen LogP contribution in [0.2, 0.25) is 0 Å². The number of nitrogens with zero attached hydrogens (tertiary/aromatic N) is 1. The van der Waals surface area contributed by atoms with Crippen molar-refractivity contribution in [3.8, 4) is 11.5 Å². The molecule has 1 aliphatic rings. The Hall–Kier alpha value is -1.80. The summed E-state index contributed by atoms with van der Waals surface area (Å²) in [7, 11) is -0.650. The van der Waals surface area contributed by atoms with Crippen LogP contribution < -0.4 is 14.8 Å². The second kappa shape index (κ2) is 12.9. The largest absolute Gasteiger partial charge is 0.493 e. The summed E-state index contributed by atoms with van der Waals surface area (Å²) in [5.74, 6) is 0.788. The summed E-state index contributed by atoms with van der Waals surface area (Å²) in [5, 5.41) is 3.03. The Bertz CT molecular complexity index is 789. The van der Waals surface area contributed by atoms with Crippen LogP contribution in [0, 0.1) is 5.92 Å². The highest BCUT2D eigenvalue weighted by Gasteiger charge is 2.32. The van der Waals surface area contributed by atoms with Gasteiger partial charge in [-0.15, -0.1) is 0 Å². The lowest BCUT2D eigenvalue weighted by molar-refractivity contribution is -0.126. The van der Waals surface area contributed by atoms with Gasteiger partial charge in [0.05, 0.1) is 19.1 Å². The number of amides is 1. The first-order valence-electron chi connectivity index (χ1n) is 11.4. The molecular formula is C23H38N2O5S. The Morgan fingerprint density at radius 2 is 1.61 bits per heavy atom. The van der Waals surface area contributed by atoms with E-state index in [2.05, 4.69) is 12.2 Å². The van der Waals surface area contributed by atoms with Gasteiger partial charge in [0, 0.05) is 31.6 Å². The summed E-state index contributed by atoms with van der Waals surface area (Å²) in [6.07, 6.45) is 9.58. The van der Waals surface area contributed by atoms with Gasteiger partial charge in [0.2, 0.25) is 15.9 Å². The second-order valence-electron chi connectivity index (χ2n) is 8.11. The zero-order valence-corrected chi connectivity index (χ0v) is 20.0. The summed E-state index contributed by atoms with van der Waals surface area (Å²) >= 11 is 0. The fraction of sp³-hybridized carbons (Fsp3) is 0.696. The molecule has 2 rings (SSSR count). The maximum Gasteiger partial charge on any atom is 0.243 e. The van der Waals surface area contributed by atoms with Crippen LogP contribution in [0.3, 0.4) is 0 Å². The van der Waals surface area contributed by atoms with Crippen LogP contribution in [-0.4, -0.2) is 52.5 Å². The summed E-state index contributed by atoms with van der Waals surface area (Å²) in [6, 6.07) is 4.60. The maximum atomic E-state index is 13.0. The van der Waals surface area contributed by atoms with Crippen molar-refractivity contribution in [1.82, 2.24) is 9.62 Å². The number of unbranched alkanes of at least 4 members (excludes halogenated alkanes) is 6. The van der Waals surface area contributed by atoms with Crippen LogP contribution >= 0.6 is 0 Å². The molecule has 1 amide bonds. The number of ether oxygens (including phenoxy) is 2. The Kier molecular flexibility index (Phi) is 10.6. The van der Waals surface area contributed by atoms with E-state index in [1.807, 2.05) is 0 Å². The van der Waals surface area contributed by atoms with Gasteiger partial charge >= 0.3 is 0 Å². The zero-order chi connectivity index (χ0) is 22.7. The fourth-order valence-electron chi connectivity index (χ4n) is 3.92. The maximum absolute atomic E-state index is 13.0. The summed E-state index contributed by atoms with van der Waals surface area (Å²) < 4.78 is 37.9. The first-order chi connectivity index (χ1) is 14.9. The van der Waals surface area contributed by atoms with Gasteiger partial charge in [-0.25, -0.2) is 8.42 Å². The molecule has 7 nitrogen and oxygen atoms in total. The van der Waals surface area contributed by atoms with E-state index in [1.54, 1.807) is 6.07 Å². The smallest absolute Gasteiger partial charge is 0.243 e. The number of carbonyl (C=O) groups excluding carboxylic acids is 1. The van der Waals surface area contributed by atoms with E-state index in [0.717, 1.165) is 12.8 Å². The van der Waals surface area contributed by atoms with Gasteiger partial charge < -0.3 is 14.8 Å². The molecule has 1 aromatic rings. The van der Waals surface area contributed by atoms with Gasteiger partial charge in [-0.2, -0.15) is 4.31 Å². The number of benzene rings is 1. The van der Waals surface area contributed by atoms with Crippen molar-refractivity contribution in [1.29, 1.82) is 0 Å². The Morgan fingerprint density at radius 1 is 1.00 bits per heavy atom. The molecule has 176 valence electrons. The fourth-order valence-corrected chi connectivity index (χ4v) is 5.41. The number of piperidine rings is 1. The molecule has 0 spiro atoms. The summed E-state index contributed by atoms with van der Waals surface area (Å²) in [6.45, 7) is 3.60. The van der Waals surface area contributed by atoms with Gasteiger partial charge in [-0.05, 0) is 31.4 Å². The highest BCUT2D eigenvalue weighted by Crippen LogP contribution is 2.32. The predicted molar refractivity (Wildman–Crippen MR) is 122 cm³/mol. The SMILES string of the molecule is CCCCCCCCCNC(=O)C1CCN(S(=O)(=O)c2ccc(OC)c(OC)c2)CC1. The molecule has 1 heterocycles. The Balaban J connectivity index is 1.78. The van der Waals surface area contributed by atoms with Crippen molar-refractivity contribution >= 4 is 15.9 Å². The molecule has 0 atom stereocenters. The highest BCUT2D eigenvalue weighted by molar-refractivity contribution is 7.89. The van der Waals surface area contributed by atoms with Crippen molar-refractivity contribution in [2.75, 3.05) is 33.9 Å². The molecule has 0 radical (unpaired) electrons. The Morgan fingerprint density at radius 3 is 2.23 bits per heavy atom. The van der Waals surface area contributed by atoms with Crippen molar-refractivity contribution in [3.05, 3.63) is 18.2 Å². The topological polar surface area (TPSA) is 84.9 Å². The van der Waals surface area contributed by atoms with Gasteiger partial charge in [-0.3, -0.25) is 4.79 Å². The lowest BCUT2D eigenvalue weighted by Crippen LogP contribution is -2.43. The van der Waals surface area contributed by atoms with E-state index in [4.69, 9.17) is 9.47 Å². The molecule has 0 bridgehead atoms. The van der Waals surface area contributed by atoms with E-state index in [0.29, 0.717) is 44.0 Å². The van der Waals surface area contributed by atoms with Crippen molar-refractivity contribution in [3.63, 3.8) is 0 Å². The van der Waals surface area contributed by atoms with Crippen molar-refractivity contribution in [2.24, 2.45) is 5.92 Å². The van der Waals surface area contributed by atoms with Gasteiger partial charge in [-0.1, -0.05) is 45.4 Å². The zero-order valence-electron chi connectivity index (χ0n) is 19.2. The molecule has 0 unspecified atom stereocenters. The van der Waals surface area contributed by atoms with E-state index in [9.17, 15) is 13.2 Å². The minimum atomic E-state index is -3.64. The third-order valence-corrected chi connectivity index (χ3v) is 7.79. The molecule has 1 aromatic carbocycles. The van der Waals surface area contributed by atoms with E-state index in [-0.39, 0.29) is 16.7 Å². The average Bonchev–Trinajstić information content (AvgIpc) is 2.80. The van der Waals surface area contributed by atoms with Crippen LogP contribution in [0.5, 0.6) is 11.5 Å². The lowest BCUT2D eigenvalue weighted by Gasteiger charge is -2.30. The summed E-state index contributed by atoms with van der Waals surface area (Å²) in [4.78, 5) is 12.6.